The number of pyridine rings is 2. The van der Waals surface area contributed by atoms with Crippen molar-refractivity contribution in [3.63, 3.8) is 0 Å². The van der Waals surface area contributed by atoms with Crippen LogP contribution in [0.5, 0.6) is 0 Å². The fourth-order valence-corrected chi connectivity index (χ4v) is 4.81. The van der Waals surface area contributed by atoms with Crippen LogP contribution in [0.25, 0.3) is 0 Å². The Balaban J connectivity index is 0.00000441. The molecule has 1 atom stereocenters. The summed E-state index contributed by atoms with van der Waals surface area (Å²) in [5.74, 6) is 0.790. The van der Waals surface area contributed by atoms with Crippen LogP contribution in [0.2, 0.25) is 0 Å². The number of carbonyl (C=O) groups excluding carboxylic acids is 1. The molecule has 1 fully saturated rings. The largest absolute Gasteiger partial charge is 0.412 e. The van der Waals surface area contributed by atoms with E-state index >= 15 is 0 Å². The molecule has 0 aliphatic carbocycles. The van der Waals surface area contributed by atoms with Crippen molar-refractivity contribution in [2.45, 2.75) is 25.4 Å². The Morgan fingerprint density at radius 3 is 2.17 bits per heavy atom. The molecular weight excluding hydrogens is 730 g/mol. The number of hydrogen-bond donors (Lipinski definition) is 0. The molecule has 1 unspecified atom stereocenters. The molecule has 0 saturated carbocycles. The fourth-order valence-electron chi connectivity index (χ4n) is 4.41. The summed E-state index contributed by atoms with van der Waals surface area (Å²) in [7, 11) is 0. The van der Waals surface area contributed by atoms with Crippen LogP contribution in [-0.4, -0.2) is 116 Å². The third kappa shape index (κ3) is 15.6. The summed E-state index contributed by atoms with van der Waals surface area (Å²) in [6.45, 7) is 7.80. The van der Waals surface area contributed by atoms with Gasteiger partial charge in [-0.2, -0.15) is 23.5 Å². The molecule has 0 aromatic carbocycles. The van der Waals surface area contributed by atoms with Gasteiger partial charge in [0, 0.05) is 65.6 Å². The van der Waals surface area contributed by atoms with Gasteiger partial charge in [-0.25, -0.2) is 4.98 Å². The van der Waals surface area contributed by atoms with Gasteiger partial charge in [-0.1, -0.05) is 18.0 Å². The van der Waals surface area contributed by atoms with Gasteiger partial charge in [0.25, 0.3) is 0 Å². The third-order valence-corrected chi connectivity index (χ3v) is 7.05. The number of carbonyl (C=O) groups is 1. The van der Waals surface area contributed by atoms with Crippen LogP contribution >= 0.6 is 11.8 Å². The SMILES string of the molecule is N#CSCCCC(c1ccc[c-]n1)N1CCOCCOCCN(Cc2cccc(C=O)n2)CCOCCOCC1.O.[W]. The van der Waals surface area contributed by atoms with E-state index in [2.05, 4.69) is 31.4 Å². The van der Waals surface area contributed by atoms with E-state index in [0.717, 1.165) is 49.4 Å². The molecule has 2 N–H and O–H groups in total. The van der Waals surface area contributed by atoms with Crippen LogP contribution < -0.4 is 0 Å². The summed E-state index contributed by atoms with van der Waals surface area (Å²) in [6, 6.07) is 11.4. The van der Waals surface area contributed by atoms with Gasteiger partial charge in [0.1, 0.15) is 11.1 Å². The molecule has 1 aliphatic rings. The molecule has 3 heterocycles. The van der Waals surface area contributed by atoms with Crippen LogP contribution in [0, 0.1) is 16.9 Å². The third-order valence-electron chi connectivity index (χ3n) is 6.43. The Bertz CT molecular complexity index is 986. The van der Waals surface area contributed by atoms with Gasteiger partial charge in [-0.3, -0.25) is 9.69 Å². The van der Waals surface area contributed by atoms with Gasteiger partial charge in [0.15, 0.2) is 6.29 Å². The van der Waals surface area contributed by atoms with E-state index in [0.29, 0.717) is 78.2 Å². The zero-order chi connectivity index (χ0) is 28.1. The second-order valence-corrected chi connectivity index (χ2v) is 10.1. The Morgan fingerprint density at radius 2 is 1.60 bits per heavy atom. The van der Waals surface area contributed by atoms with E-state index in [1.165, 1.54) is 11.8 Å². The number of nitrogens with zero attached hydrogens (tertiary/aromatic N) is 5. The second kappa shape index (κ2) is 24.6. The second-order valence-electron chi connectivity index (χ2n) is 9.22. The number of nitriles is 1. The Kier molecular flexibility index (Phi) is 22.4. The monoisotopic (exact) mass is 772 g/mol. The average Bonchev–Trinajstić information content (AvgIpc) is 2.99. The minimum absolute atomic E-state index is 0. The maximum absolute atomic E-state index is 11.1. The fraction of sp³-hybridized carbons (Fsp3) is 0.586. The zero-order valence-electron chi connectivity index (χ0n) is 24.0. The standard InChI is InChI=1S/C29H40N5O5S.H2O.W/c30-25-40-22-4-8-29(28-7-1-2-9-31-28)34-12-16-38-20-18-36-14-10-33(11-15-37-19-21-39-17-13-34)23-26-5-3-6-27(24-35)32-26;;/h1-3,5-7,24,29H,4,8,10-23H2;1H2;/q-1;;. The first-order valence-corrected chi connectivity index (χ1v) is 14.8. The molecule has 1 aliphatic heterocycles. The van der Waals surface area contributed by atoms with E-state index in [-0.39, 0.29) is 32.6 Å². The van der Waals surface area contributed by atoms with Crippen molar-refractivity contribution in [3.8, 4) is 5.40 Å². The number of thiocyanates is 1. The van der Waals surface area contributed by atoms with Gasteiger partial charge in [-0.05, 0) is 36.7 Å². The van der Waals surface area contributed by atoms with E-state index in [4.69, 9.17) is 24.2 Å². The maximum Gasteiger partial charge on any atom is 0.168 e. The van der Waals surface area contributed by atoms with Crippen LogP contribution in [0.15, 0.2) is 36.4 Å². The average molecular weight is 773 g/mol. The van der Waals surface area contributed by atoms with Gasteiger partial charge in [0.05, 0.1) is 58.5 Å². The van der Waals surface area contributed by atoms with Crippen molar-refractivity contribution in [1.82, 2.24) is 19.8 Å². The van der Waals surface area contributed by atoms with Crippen LogP contribution in [0.4, 0.5) is 0 Å². The van der Waals surface area contributed by atoms with Crippen molar-refractivity contribution in [3.05, 3.63) is 59.7 Å². The van der Waals surface area contributed by atoms with Gasteiger partial charge >= 0.3 is 0 Å². The molecule has 3 rings (SSSR count). The van der Waals surface area contributed by atoms with Gasteiger partial charge in [0.2, 0.25) is 0 Å². The Hall–Kier alpha value is -1.78. The van der Waals surface area contributed by atoms with Crippen molar-refractivity contribution in [1.29, 1.82) is 5.26 Å². The first kappa shape index (κ1) is 38.2. The predicted molar refractivity (Wildman–Crippen MR) is 156 cm³/mol. The van der Waals surface area contributed by atoms with E-state index in [1.807, 2.05) is 24.3 Å². The van der Waals surface area contributed by atoms with E-state index in [1.54, 1.807) is 12.1 Å². The molecular formula is C29H42N5O6SW-. The number of hydrogen-bond acceptors (Lipinski definition) is 11. The quantitative estimate of drug-likeness (QED) is 0.160. The zero-order valence-corrected chi connectivity index (χ0v) is 27.8. The molecule has 0 bridgehead atoms. The minimum Gasteiger partial charge on any atom is -0.412 e. The molecule has 1 saturated heterocycles. The summed E-state index contributed by atoms with van der Waals surface area (Å²) in [4.78, 5) is 24.6. The number of ether oxygens (including phenoxy) is 4. The number of aromatic nitrogens is 2. The number of aldehydes is 1. The topological polar surface area (TPSA) is 142 Å². The Labute approximate surface area is 267 Å². The van der Waals surface area contributed by atoms with Crippen molar-refractivity contribution >= 4 is 18.0 Å². The van der Waals surface area contributed by atoms with Crippen molar-refractivity contribution in [2.75, 3.05) is 84.8 Å². The van der Waals surface area contributed by atoms with Crippen molar-refractivity contribution < 1.29 is 50.3 Å². The molecule has 42 heavy (non-hydrogen) atoms. The Morgan fingerprint density at radius 1 is 0.952 bits per heavy atom. The molecule has 232 valence electrons. The summed E-state index contributed by atoms with van der Waals surface area (Å²) >= 11 is 1.29. The number of thioether (sulfide) groups is 1. The number of rotatable bonds is 9. The summed E-state index contributed by atoms with van der Waals surface area (Å²) in [5.41, 5.74) is 2.24. The van der Waals surface area contributed by atoms with Gasteiger partial charge < -0.3 is 34.3 Å². The van der Waals surface area contributed by atoms with Gasteiger partial charge in [-0.15, -0.1) is 0 Å². The van der Waals surface area contributed by atoms with Crippen LogP contribution in [-0.2, 0) is 46.6 Å². The van der Waals surface area contributed by atoms with Crippen LogP contribution in [0.1, 0.15) is 40.8 Å². The summed E-state index contributed by atoms with van der Waals surface area (Å²) in [6.07, 6.45) is 5.52. The minimum atomic E-state index is 0. The van der Waals surface area contributed by atoms with E-state index in [9.17, 15) is 4.79 Å². The first-order chi connectivity index (χ1) is 19.8. The molecule has 0 amide bonds. The normalized spacial score (nSPS) is 17.8. The molecule has 2 aromatic heterocycles. The smallest absolute Gasteiger partial charge is 0.168 e. The molecule has 0 radical (unpaired) electrons. The summed E-state index contributed by atoms with van der Waals surface area (Å²) in [5, 5.41) is 11.0. The molecule has 11 nitrogen and oxygen atoms in total. The van der Waals surface area contributed by atoms with E-state index < -0.39 is 0 Å². The molecule has 2 aromatic rings. The van der Waals surface area contributed by atoms with Crippen molar-refractivity contribution in [2.24, 2.45) is 0 Å². The van der Waals surface area contributed by atoms with Crippen LogP contribution in [0.3, 0.4) is 0 Å². The maximum atomic E-state index is 11.1. The molecule has 13 heteroatoms. The first-order valence-electron chi connectivity index (χ1n) is 13.8. The predicted octanol–water partition coefficient (Wildman–Crippen LogP) is 2.18. The summed E-state index contributed by atoms with van der Waals surface area (Å²) < 4.78 is 23.6. The molecule has 0 spiro atoms.